The molecule has 33 heavy (non-hydrogen) atoms. The van der Waals surface area contributed by atoms with Gasteiger partial charge in [0.1, 0.15) is 0 Å². The molecule has 9 heteroatoms. The topological polar surface area (TPSA) is 52.9 Å². The van der Waals surface area contributed by atoms with Gasteiger partial charge in [0.05, 0.1) is 28.7 Å². The molecule has 1 N–H and O–H groups in total. The van der Waals surface area contributed by atoms with Crippen LogP contribution >= 0.6 is 0 Å². The van der Waals surface area contributed by atoms with E-state index in [4.69, 9.17) is 0 Å². The van der Waals surface area contributed by atoms with Crippen LogP contribution in [0.4, 0.5) is 26.3 Å². The molecule has 0 heterocycles. The third-order valence-electron chi connectivity index (χ3n) is 6.21. The smallest absolute Gasteiger partial charge is 0.346 e. The van der Waals surface area contributed by atoms with E-state index < -0.39 is 40.8 Å². The van der Waals surface area contributed by atoms with E-state index in [1.807, 2.05) is 12.1 Å². The lowest BCUT2D eigenvalue weighted by Gasteiger charge is -2.40. The number of benzene rings is 2. The average molecular weight is 468 g/mol. The summed E-state index contributed by atoms with van der Waals surface area (Å²) >= 11 is 0. The van der Waals surface area contributed by atoms with Crippen molar-refractivity contribution >= 4 is 5.91 Å². The van der Waals surface area contributed by atoms with Crippen LogP contribution in [0.2, 0.25) is 0 Å². The van der Waals surface area contributed by atoms with Gasteiger partial charge in [-0.15, -0.1) is 0 Å². The van der Waals surface area contributed by atoms with E-state index in [0.717, 1.165) is 5.56 Å². The Hall–Kier alpha value is -3.02. The lowest BCUT2D eigenvalue weighted by atomic mass is 9.72. The highest BCUT2D eigenvalue weighted by atomic mass is 19.4. The van der Waals surface area contributed by atoms with Gasteiger partial charge in [0, 0.05) is 5.92 Å². The normalized spacial score (nSPS) is 22.3. The summed E-state index contributed by atoms with van der Waals surface area (Å²) in [6.45, 7) is 1.28. The highest BCUT2D eigenvalue weighted by Crippen LogP contribution is 2.41. The number of nitrogens with one attached hydrogen (secondary N) is 1. The van der Waals surface area contributed by atoms with Gasteiger partial charge in [0.25, 0.3) is 0 Å². The molecule has 1 amide bonds. The van der Waals surface area contributed by atoms with Gasteiger partial charge in [-0.2, -0.15) is 31.6 Å². The zero-order chi connectivity index (χ0) is 24.4. The molecular formula is C24H22F6N2O. The number of nitriles is 1. The lowest BCUT2D eigenvalue weighted by molar-refractivity contribution is -0.143. The maximum absolute atomic E-state index is 13.2. The molecule has 2 aromatic carbocycles. The molecule has 1 saturated carbocycles. The molecule has 0 saturated heterocycles. The van der Waals surface area contributed by atoms with Crippen molar-refractivity contribution in [2.75, 3.05) is 0 Å². The Kier molecular flexibility index (Phi) is 6.78. The van der Waals surface area contributed by atoms with E-state index in [1.165, 1.54) is 6.92 Å². The summed E-state index contributed by atoms with van der Waals surface area (Å²) < 4.78 is 79.4. The number of halogens is 6. The largest absolute Gasteiger partial charge is 0.416 e. The van der Waals surface area contributed by atoms with Gasteiger partial charge in [-0.1, -0.05) is 30.3 Å². The zero-order valence-electron chi connectivity index (χ0n) is 17.7. The minimum Gasteiger partial charge on any atom is -0.346 e. The number of amides is 1. The van der Waals surface area contributed by atoms with Crippen molar-refractivity contribution in [1.29, 1.82) is 5.26 Å². The van der Waals surface area contributed by atoms with Gasteiger partial charge in [-0.25, -0.2) is 0 Å². The van der Waals surface area contributed by atoms with Crippen molar-refractivity contribution in [3.63, 3.8) is 0 Å². The fraction of sp³-hybridized carbons (Fsp3) is 0.417. The third-order valence-corrected chi connectivity index (χ3v) is 6.21. The summed E-state index contributed by atoms with van der Waals surface area (Å²) in [5.41, 5.74) is -3.36. The first kappa shape index (κ1) is 24.6. The molecule has 0 bridgehead atoms. The van der Waals surface area contributed by atoms with Gasteiger partial charge in [-0.05, 0) is 61.9 Å². The molecular weight excluding hydrogens is 446 g/mol. The van der Waals surface area contributed by atoms with E-state index in [9.17, 15) is 36.4 Å². The summed E-state index contributed by atoms with van der Waals surface area (Å²) in [4.78, 5) is 13.1. The van der Waals surface area contributed by atoms with Crippen molar-refractivity contribution in [2.45, 2.75) is 56.4 Å². The van der Waals surface area contributed by atoms with E-state index in [-0.39, 0.29) is 17.5 Å². The van der Waals surface area contributed by atoms with Crippen molar-refractivity contribution in [3.8, 4) is 6.07 Å². The van der Waals surface area contributed by atoms with Crippen LogP contribution in [-0.4, -0.2) is 5.91 Å². The molecule has 0 aromatic heterocycles. The molecule has 3 rings (SSSR count). The van der Waals surface area contributed by atoms with E-state index in [0.29, 0.717) is 37.8 Å². The van der Waals surface area contributed by atoms with Gasteiger partial charge >= 0.3 is 12.4 Å². The summed E-state index contributed by atoms with van der Waals surface area (Å²) in [7, 11) is 0. The third kappa shape index (κ3) is 5.49. The molecule has 1 aliphatic rings. The summed E-state index contributed by atoms with van der Waals surface area (Å²) in [5, 5.41) is 12.1. The van der Waals surface area contributed by atoms with Crippen LogP contribution in [0, 0.1) is 17.2 Å². The molecule has 1 atom stereocenters. The average Bonchev–Trinajstić information content (AvgIpc) is 2.78. The molecule has 176 valence electrons. The second kappa shape index (κ2) is 9.08. The van der Waals surface area contributed by atoms with Crippen LogP contribution in [-0.2, 0) is 22.7 Å². The maximum Gasteiger partial charge on any atom is 0.416 e. The van der Waals surface area contributed by atoms with Gasteiger partial charge in [0.15, 0.2) is 0 Å². The first-order valence-electron chi connectivity index (χ1n) is 10.4. The number of rotatable bonds is 4. The minimum atomic E-state index is -4.99. The second-order valence-electron chi connectivity index (χ2n) is 8.40. The molecule has 0 radical (unpaired) electrons. The van der Waals surface area contributed by atoms with E-state index >= 15 is 0 Å². The van der Waals surface area contributed by atoms with Crippen LogP contribution in [0.3, 0.4) is 0 Å². The second-order valence-corrected chi connectivity index (χ2v) is 8.40. The lowest BCUT2D eigenvalue weighted by Crippen LogP contribution is -2.49. The fourth-order valence-electron chi connectivity index (χ4n) is 4.21. The Bertz CT molecular complexity index is 999. The number of hydrogen-bond acceptors (Lipinski definition) is 2. The van der Waals surface area contributed by atoms with Crippen LogP contribution < -0.4 is 5.32 Å². The van der Waals surface area contributed by atoms with Gasteiger partial charge in [0.2, 0.25) is 5.91 Å². The SMILES string of the molecule is C[C@H](C(=O)NC1(c2ccccc2)CCC(C#N)CC1)c1cc(C(F)(F)F)cc(C(F)(F)F)c1. The number of carbonyl (C=O) groups is 1. The zero-order valence-corrected chi connectivity index (χ0v) is 17.7. The molecule has 0 aliphatic heterocycles. The molecule has 1 fully saturated rings. The van der Waals surface area contributed by atoms with Crippen LogP contribution in [0.5, 0.6) is 0 Å². The highest BCUT2D eigenvalue weighted by Gasteiger charge is 2.41. The summed E-state index contributed by atoms with van der Waals surface area (Å²) in [5.74, 6) is -2.11. The first-order chi connectivity index (χ1) is 15.4. The van der Waals surface area contributed by atoms with Crippen molar-refractivity contribution in [3.05, 3.63) is 70.8 Å². The van der Waals surface area contributed by atoms with Crippen LogP contribution in [0.1, 0.15) is 60.8 Å². The summed E-state index contributed by atoms with van der Waals surface area (Å²) in [6, 6.07) is 12.4. The minimum absolute atomic E-state index is 0.0444. The standard InChI is InChI=1S/C24H22F6N2O/c1-15(17-11-19(23(25,26)27)13-20(12-17)24(28,29)30)21(33)32-22(18-5-3-2-4-6-18)9-7-16(14-31)8-10-22/h2-6,11-13,15-16H,7-10H2,1H3,(H,32,33)/t15-,16?,22?/m0/s1. The predicted molar refractivity (Wildman–Crippen MR) is 109 cm³/mol. The number of hydrogen-bond donors (Lipinski definition) is 1. The molecule has 3 nitrogen and oxygen atoms in total. The van der Waals surface area contributed by atoms with Crippen molar-refractivity contribution < 1.29 is 31.1 Å². The number of carbonyl (C=O) groups excluding carboxylic acids is 1. The van der Waals surface area contributed by atoms with E-state index in [2.05, 4.69) is 11.4 Å². The fourth-order valence-corrected chi connectivity index (χ4v) is 4.21. The van der Waals surface area contributed by atoms with Crippen LogP contribution in [0.25, 0.3) is 0 Å². The Morgan fingerprint density at radius 1 is 1.00 bits per heavy atom. The Balaban J connectivity index is 1.95. The Morgan fingerprint density at radius 2 is 1.52 bits per heavy atom. The summed E-state index contributed by atoms with van der Waals surface area (Å²) in [6.07, 6.45) is -8.09. The monoisotopic (exact) mass is 468 g/mol. The molecule has 1 aliphatic carbocycles. The molecule has 0 spiro atoms. The first-order valence-corrected chi connectivity index (χ1v) is 10.4. The predicted octanol–water partition coefficient (Wildman–Crippen LogP) is 6.55. The van der Waals surface area contributed by atoms with Crippen molar-refractivity contribution in [2.24, 2.45) is 5.92 Å². The quantitative estimate of drug-likeness (QED) is 0.517. The molecule has 0 unspecified atom stereocenters. The van der Waals surface area contributed by atoms with E-state index in [1.54, 1.807) is 18.2 Å². The van der Waals surface area contributed by atoms with Gasteiger partial charge < -0.3 is 5.32 Å². The maximum atomic E-state index is 13.2. The van der Waals surface area contributed by atoms with Crippen molar-refractivity contribution in [1.82, 2.24) is 5.32 Å². The Labute approximate surface area is 187 Å². The van der Waals surface area contributed by atoms with Gasteiger partial charge in [-0.3, -0.25) is 4.79 Å². The van der Waals surface area contributed by atoms with Crippen LogP contribution in [0.15, 0.2) is 48.5 Å². The molecule has 2 aromatic rings. The number of alkyl halides is 6. The highest BCUT2D eigenvalue weighted by molar-refractivity contribution is 5.84. The Morgan fingerprint density at radius 3 is 1.97 bits per heavy atom. The number of nitrogens with zero attached hydrogens (tertiary/aromatic N) is 1.